The number of aromatic nitrogens is 4. The maximum Gasteiger partial charge on any atom is 0.225 e. The summed E-state index contributed by atoms with van der Waals surface area (Å²) in [6, 6.07) is 3.80. The SMILES string of the molecule is CN=C(NCCCn1cccn1)NCCN1CCN(c2ncccn2)CC1. The number of anilines is 1. The molecule has 0 radical (unpaired) electrons. The highest BCUT2D eigenvalue weighted by molar-refractivity contribution is 5.79. The third-order valence-electron chi connectivity index (χ3n) is 4.57. The molecular formula is C18H29N9. The molecule has 9 nitrogen and oxygen atoms in total. The van der Waals surface area contributed by atoms with Gasteiger partial charge in [0.1, 0.15) is 0 Å². The third-order valence-corrected chi connectivity index (χ3v) is 4.57. The quantitative estimate of drug-likeness (QED) is 0.385. The summed E-state index contributed by atoms with van der Waals surface area (Å²) in [6.45, 7) is 7.63. The lowest BCUT2D eigenvalue weighted by Gasteiger charge is -2.34. The van der Waals surface area contributed by atoms with Crippen molar-refractivity contribution < 1.29 is 0 Å². The molecule has 3 heterocycles. The Morgan fingerprint density at radius 1 is 1.00 bits per heavy atom. The first kappa shape index (κ1) is 19.1. The predicted molar refractivity (Wildman–Crippen MR) is 107 cm³/mol. The van der Waals surface area contributed by atoms with Crippen LogP contribution in [0.25, 0.3) is 0 Å². The van der Waals surface area contributed by atoms with E-state index in [1.807, 2.05) is 30.1 Å². The van der Waals surface area contributed by atoms with Crippen LogP contribution < -0.4 is 15.5 Å². The molecule has 3 rings (SSSR count). The molecule has 0 amide bonds. The Kier molecular flexibility index (Phi) is 7.40. The number of guanidine groups is 1. The Labute approximate surface area is 160 Å². The van der Waals surface area contributed by atoms with Crippen LogP contribution in [0.1, 0.15) is 6.42 Å². The van der Waals surface area contributed by atoms with Crippen LogP contribution in [0, 0.1) is 0 Å². The van der Waals surface area contributed by atoms with Crippen molar-refractivity contribution >= 4 is 11.9 Å². The van der Waals surface area contributed by atoms with E-state index in [-0.39, 0.29) is 0 Å². The van der Waals surface area contributed by atoms with E-state index >= 15 is 0 Å². The average Bonchev–Trinajstić information content (AvgIpc) is 3.24. The second kappa shape index (κ2) is 10.5. The van der Waals surface area contributed by atoms with E-state index in [0.717, 1.165) is 70.7 Å². The minimum Gasteiger partial charge on any atom is -0.356 e. The number of hydrogen-bond donors (Lipinski definition) is 2. The Hall–Kier alpha value is -2.68. The first-order valence-corrected chi connectivity index (χ1v) is 9.51. The summed E-state index contributed by atoms with van der Waals surface area (Å²) in [5.74, 6) is 1.68. The Morgan fingerprint density at radius 3 is 2.48 bits per heavy atom. The largest absolute Gasteiger partial charge is 0.356 e. The maximum atomic E-state index is 4.33. The molecule has 27 heavy (non-hydrogen) atoms. The summed E-state index contributed by atoms with van der Waals surface area (Å²) in [4.78, 5) is 17.6. The molecule has 1 fully saturated rings. The van der Waals surface area contributed by atoms with Crippen molar-refractivity contribution in [3.63, 3.8) is 0 Å². The first-order chi connectivity index (χ1) is 13.3. The van der Waals surface area contributed by atoms with Crippen molar-refractivity contribution in [2.24, 2.45) is 4.99 Å². The summed E-state index contributed by atoms with van der Waals surface area (Å²) in [5, 5.41) is 10.9. The molecule has 9 heteroatoms. The van der Waals surface area contributed by atoms with Crippen LogP contribution in [-0.4, -0.2) is 83.5 Å². The topological polar surface area (TPSA) is 86.5 Å². The molecule has 1 aliphatic heterocycles. The molecule has 2 aromatic heterocycles. The van der Waals surface area contributed by atoms with Crippen molar-refractivity contribution in [2.45, 2.75) is 13.0 Å². The summed E-state index contributed by atoms with van der Waals surface area (Å²) >= 11 is 0. The third kappa shape index (κ3) is 6.21. The van der Waals surface area contributed by atoms with Crippen molar-refractivity contribution in [2.75, 3.05) is 57.8 Å². The van der Waals surface area contributed by atoms with Crippen LogP contribution in [0.4, 0.5) is 5.95 Å². The Morgan fingerprint density at radius 2 is 1.78 bits per heavy atom. The van der Waals surface area contributed by atoms with E-state index in [4.69, 9.17) is 0 Å². The van der Waals surface area contributed by atoms with Gasteiger partial charge in [-0.2, -0.15) is 5.10 Å². The van der Waals surface area contributed by atoms with Gasteiger partial charge in [-0.1, -0.05) is 0 Å². The van der Waals surface area contributed by atoms with Crippen LogP contribution in [0.15, 0.2) is 41.9 Å². The van der Waals surface area contributed by atoms with E-state index in [2.05, 4.69) is 40.5 Å². The van der Waals surface area contributed by atoms with Crippen LogP contribution in [-0.2, 0) is 6.54 Å². The molecule has 1 aliphatic rings. The number of piperazine rings is 1. The minimum absolute atomic E-state index is 0.829. The molecule has 1 saturated heterocycles. The van der Waals surface area contributed by atoms with Crippen molar-refractivity contribution in [1.82, 2.24) is 35.3 Å². The van der Waals surface area contributed by atoms with E-state index < -0.39 is 0 Å². The summed E-state index contributed by atoms with van der Waals surface area (Å²) in [6.07, 6.45) is 8.39. The average molecular weight is 371 g/mol. The van der Waals surface area contributed by atoms with Gasteiger partial charge in [-0.05, 0) is 18.6 Å². The lowest BCUT2D eigenvalue weighted by molar-refractivity contribution is 0.260. The minimum atomic E-state index is 0.829. The molecule has 146 valence electrons. The normalized spacial score (nSPS) is 15.7. The van der Waals surface area contributed by atoms with Gasteiger partial charge < -0.3 is 15.5 Å². The molecule has 2 N–H and O–H groups in total. The number of nitrogens with zero attached hydrogens (tertiary/aromatic N) is 7. The molecule has 0 unspecified atom stereocenters. The van der Waals surface area contributed by atoms with Crippen LogP contribution in [0.5, 0.6) is 0 Å². The second-order valence-corrected chi connectivity index (χ2v) is 6.43. The van der Waals surface area contributed by atoms with Crippen molar-refractivity contribution in [3.8, 4) is 0 Å². The lowest BCUT2D eigenvalue weighted by atomic mass is 10.3. The lowest BCUT2D eigenvalue weighted by Crippen LogP contribution is -2.49. The number of aliphatic imine (C=N–C) groups is 1. The van der Waals surface area contributed by atoms with Gasteiger partial charge in [-0.25, -0.2) is 9.97 Å². The fraction of sp³-hybridized carbons (Fsp3) is 0.556. The molecule has 0 saturated carbocycles. The van der Waals surface area contributed by atoms with Gasteiger partial charge in [0, 0.05) is 84.2 Å². The molecule has 0 atom stereocenters. The Bertz CT molecular complexity index is 663. The van der Waals surface area contributed by atoms with Gasteiger partial charge in [0.15, 0.2) is 5.96 Å². The van der Waals surface area contributed by atoms with Gasteiger partial charge in [-0.3, -0.25) is 14.6 Å². The van der Waals surface area contributed by atoms with E-state index in [1.54, 1.807) is 18.6 Å². The zero-order valence-corrected chi connectivity index (χ0v) is 16.0. The van der Waals surface area contributed by atoms with Crippen LogP contribution in [0.2, 0.25) is 0 Å². The molecule has 0 spiro atoms. The summed E-state index contributed by atoms with van der Waals surface area (Å²) in [5.41, 5.74) is 0. The standard InChI is InChI=1S/C18H29N9/c1-19-17(20-7-3-10-27-11-4-8-24-27)21-9-12-25-13-15-26(16-14-25)18-22-5-2-6-23-18/h2,4-6,8,11H,3,7,9-10,12-16H2,1H3,(H2,19,20,21). The molecule has 2 aromatic rings. The summed E-state index contributed by atoms with van der Waals surface area (Å²) in [7, 11) is 1.81. The van der Waals surface area contributed by atoms with Gasteiger partial charge >= 0.3 is 0 Å². The fourth-order valence-corrected chi connectivity index (χ4v) is 3.06. The fourth-order valence-electron chi connectivity index (χ4n) is 3.06. The highest BCUT2D eigenvalue weighted by Crippen LogP contribution is 2.08. The van der Waals surface area contributed by atoms with Gasteiger partial charge in [0.25, 0.3) is 0 Å². The van der Waals surface area contributed by atoms with Gasteiger partial charge in [-0.15, -0.1) is 0 Å². The van der Waals surface area contributed by atoms with Crippen LogP contribution in [0.3, 0.4) is 0 Å². The highest BCUT2D eigenvalue weighted by atomic mass is 15.3. The smallest absolute Gasteiger partial charge is 0.225 e. The van der Waals surface area contributed by atoms with Crippen molar-refractivity contribution in [3.05, 3.63) is 36.9 Å². The first-order valence-electron chi connectivity index (χ1n) is 9.51. The molecule has 0 aliphatic carbocycles. The number of hydrogen-bond acceptors (Lipinski definition) is 6. The van der Waals surface area contributed by atoms with Gasteiger partial charge in [0.05, 0.1) is 0 Å². The summed E-state index contributed by atoms with van der Waals surface area (Å²) < 4.78 is 1.94. The number of rotatable bonds is 8. The second-order valence-electron chi connectivity index (χ2n) is 6.43. The Balaban J connectivity index is 1.27. The molecule has 0 bridgehead atoms. The maximum absolute atomic E-state index is 4.33. The zero-order chi connectivity index (χ0) is 18.7. The monoisotopic (exact) mass is 371 g/mol. The van der Waals surface area contributed by atoms with E-state index in [1.165, 1.54) is 0 Å². The van der Waals surface area contributed by atoms with E-state index in [0.29, 0.717) is 0 Å². The molecule has 0 aromatic carbocycles. The predicted octanol–water partition coefficient (Wildman–Crippen LogP) is 0.0504. The van der Waals surface area contributed by atoms with Crippen LogP contribution >= 0.6 is 0 Å². The number of aryl methyl sites for hydroxylation is 1. The number of nitrogens with one attached hydrogen (secondary N) is 2. The molecular weight excluding hydrogens is 342 g/mol. The van der Waals surface area contributed by atoms with Crippen molar-refractivity contribution in [1.29, 1.82) is 0 Å². The van der Waals surface area contributed by atoms with Gasteiger partial charge in [0.2, 0.25) is 5.95 Å². The van der Waals surface area contributed by atoms with E-state index in [9.17, 15) is 0 Å². The highest BCUT2D eigenvalue weighted by Gasteiger charge is 2.18. The zero-order valence-electron chi connectivity index (χ0n) is 16.0.